The second-order valence-corrected chi connectivity index (χ2v) is 9.92. The van der Waals surface area contributed by atoms with Crippen LogP contribution in [0.3, 0.4) is 0 Å². The molecule has 172 valence electrons. The van der Waals surface area contributed by atoms with Crippen LogP contribution in [-0.2, 0) is 11.3 Å². The van der Waals surface area contributed by atoms with Gasteiger partial charge in [0.1, 0.15) is 5.82 Å². The van der Waals surface area contributed by atoms with Crippen molar-refractivity contribution in [3.8, 4) is 0 Å². The molecule has 2 amide bonds. The number of halogens is 2. The van der Waals surface area contributed by atoms with Crippen LogP contribution >= 0.6 is 35.1 Å². The fourth-order valence-corrected chi connectivity index (χ4v) is 5.16. The highest BCUT2D eigenvalue weighted by atomic mass is 35.5. The van der Waals surface area contributed by atoms with Gasteiger partial charge in [-0.05, 0) is 66.2 Å². The first-order chi connectivity index (χ1) is 16.2. The molecule has 0 aromatic heterocycles. The Balaban J connectivity index is 1.57. The van der Waals surface area contributed by atoms with Crippen LogP contribution in [0.1, 0.15) is 16.7 Å². The van der Waals surface area contributed by atoms with Gasteiger partial charge in [0.2, 0.25) is 0 Å². The summed E-state index contributed by atoms with van der Waals surface area (Å²) in [6.45, 7) is 1.86. The van der Waals surface area contributed by atoms with Crippen molar-refractivity contribution in [2.24, 2.45) is 0 Å². The van der Waals surface area contributed by atoms with Gasteiger partial charge >= 0.3 is 0 Å². The summed E-state index contributed by atoms with van der Waals surface area (Å²) >= 11 is 8.03. The van der Waals surface area contributed by atoms with E-state index in [1.165, 1.54) is 36.0 Å². The smallest absolute Gasteiger partial charge is 0.268 e. The molecule has 0 unspecified atom stereocenters. The third kappa shape index (κ3) is 5.32. The molecule has 1 saturated heterocycles. The number of nitro groups is 1. The van der Waals surface area contributed by atoms with Gasteiger partial charge in [-0.15, -0.1) is 0 Å². The lowest BCUT2D eigenvalue weighted by atomic mass is 10.1. The van der Waals surface area contributed by atoms with E-state index in [1.54, 1.807) is 12.1 Å². The van der Waals surface area contributed by atoms with E-state index >= 15 is 0 Å². The maximum absolute atomic E-state index is 13.3. The Bertz CT molecular complexity index is 1350. The summed E-state index contributed by atoms with van der Waals surface area (Å²) in [5.74, 6) is -1.07. The zero-order valence-corrected chi connectivity index (χ0v) is 20.0. The van der Waals surface area contributed by atoms with E-state index in [0.717, 1.165) is 33.2 Å². The molecule has 34 heavy (non-hydrogen) atoms. The normalized spacial score (nSPS) is 14.8. The molecule has 1 aliphatic heterocycles. The highest BCUT2D eigenvalue weighted by Gasteiger charge is 2.35. The van der Waals surface area contributed by atoms with Gasteiger partial charge in [-0.25, -0.2) is 4.39 Å². The largest absolute Gasteiger partial charge is 0.293 e. The highest BCUT2D eigenvalue weighted by molar-refractivity contribution is 8.18. The summed E-state index contributed by atoms with van der Waals surface area (Å²) in [5, 5.41) is 11.3. The van der Waals surface area contributed by atoms with Crippen LogP contribution in [-0.4, -0.2) is 21.0 Å². The monoisotopic (exact) mass is 514 g/mol. The quantitative estimate of drug-likeness (QED) is 0.198. The number of carbonyl (C=O) groups excluding carboxylic acids is 2. The minimum atomic E-state index is -0.545. The van der Waals surface area contributed by atoms with Crippen molar-refractivity contribution in [2.75, 3.05) is 0 Å². The van der Waals surface area contributed by atoms with Crippen molar-refractivity contribution in [1.29, 1.82) is 0 Å². The van der Waals surface area contributed by atoms with Crippen LogP contribution in [0.15, 0.2) is 75.4 Å². The van der Waals surface area contributed by atoms with E-state index in [2.05, 4.69) is 0 Å². The van der Waals surface area contributed by atoms with Crippen LogP contribution in [0.25, 0.3) is 6.08 Å². The first-order valence-electron chi connectivity index (χ1n) is 9.93. The highest BCUT2D eigenvalue weighted by Crippen LogP contribution is 2.38. The predicted molar refractivity (Wildman–Crippen MR) is 131 cm³/mol. The van der Waals surface area contributed by atoms with E-state index in [4.69, 9.17) is 11.6 Å². The molecule has 6 nitrogen and oxygen atoms in total. The van der Waals surface area contributed by atoms with Gasteiger partial charge in [-0.2, -0.15) is 0 Å². The van der Waals surface area contributed by atoms with E-state index in [0.29, 0.717) is 16.0 Å². The number of aryl methyl sites for hydroxylation is 1. The fourth-order valence-electron chi connectivity index (χ4n) is 3.19. The number of hydrogen-bond acceptors (Lipinski definition) is 6. The van der Waals surface area contributed by atoms with Gasteiger partial charge in [0, 0.05) is 16.0 Å². The van der Waals surface area contributed by atoms with Crippen LogP contribution in [0.2, 0.25) is 5.02 Å². The molecule has 3 aromatic rings. The lowest BCUT2D eigenvalue weighted by molar-refractivity contribution is -0.387. The van der Waals surface area contributed by atoms with Gasteiger partial charge in [0.25, 0.3) is 16.8 Å². The number of rotatable bonds is 6. The second kappa shape index (κ2) is 10.0. The molecule has 0 atom stereocenters. The Kier molecular flexibility index (Phi) is 7.06. The molecule has 3 aromatic carbocycles. The van der Waals surface area contributed by atoms with Crippen molar-refractivity contribution < 1.29 is 18.9 Å². The van der Waals surface area contributed by atoms with Crippen LogP contribution in [0, 0.1) is 22.9 Å². The summed E-state index contributed by atoms with van der Waals surface area (Å²) in [5.41, 5.74) is 1.84. The molecule has 1 fully saturated rings. The molecule has 4 rings (SSSR count). The third-order valence-corrected chi connectivity index (χ3v) is 7.28. The van der Waals surface area contributed by atoms with Gasteiger partial charge < -0.3 is 0 Å². The Morgan fingerprint density at radius 1 is 1.12 bits per heavy atom. The van der Waals surface area contributed by atoms with Crippen molar-refractivity contribution in [3.05, 3.63) is 103 Å². The maximum Gasteiger partial charge on any atom is 0.293 e. The molecule has 0 spiro atoms. The molecule has 1 aliphatic rings. The average Bonchev–Trinajstić information content (AvgIpc) is 3.05. The van der Waals surface area contributed by atoms with Crippen LogP contribution in [0.5, 0.6) is 0 Å². The number of nitro benzene ring substituents is 1. The lowest BCUT2D eigenvalue weighted by Crippen LogP contribution is -2.27. The van der Waals surface area contributed by atoms with Gasteiger partial charge in [0.05, 0.1) is 21.3 Å². The maximum atomic E-state index is 13.3. The Labute approximate surface area is 207 Å². The number of hydrogen-bond donors (Lipinski definition) is 0. The van der Waals surface area contributed by atoms with E-state index < -0.39 is 21.9 Å². The number of amides is 2. The molecule has 1 heterocycles. The van der Waals surface area contributed by atoms with Crippen molar-refractivity contribution in [1.82, 2.24) is 4.90 Å². The molecular formula is C24H16ClFN2O4S2. The number of thioether (sulfide) groups is 1. The molecule has 0 radical (unpaired) electrons. The van der Waals surface area contributed by atoms with Gasteiger partial charge in [0.15, 0.2) is 0 Å². The zero-order valence-electron chi connectivity index (χ0n) is 17.7. The van der Waals surface area contributed by atoms with Crippen LogP contribution < -0.4 is 0 Å². The second-order valence-electron chi connectivity index (χ2n) is 7.40. The Morgan fingerprint density at radius 3 is 2.53 bits per heavy atom. The van der Waals surface area contributed by atoms with Crippen molar-refractivity contribution >= 4 is 58.0 Å². The zero-order chi connectivity index (χ0) is 24.4. The topological polar surface area (TPSA) is 80.5 Å². The Hall–Kier alpha value is -3.14. The lowest BCUT2D eigenvalue weighted by Gasteiger charge is -2.13. The van der Waals surface area contributed by atoms with E-state index in [1.807, 2.05) is 31.2 Å². The standard InChI is InChI=1S/C24H16ClFN2O4S2/c1-14-2-7-18(8-3-14)33-21-9-4-15(10-20(21)28(31)32)11-22-23(29)27(24(30)34-22)13-16-5-6-17(26)12-19(16)25/h2-12H,13H2,1H3/b22-11-. The average molecular weight is 515 g/mol. The SMILES string of the molecule is Cc1ccc(Sc2ccc(/C=C3\SC(=O)N(Cc4ccc(F)cc4Cl)C3=O)cc2[N+](=O)[O-])cc1. The fraction of sp³-hybridized carbons (Fsp3) is 0.0833. The summed E-state index contributed by atoms with van der Waals surface area (Å²) < 4.78 is 13.3. The summed E-state index contributed by atoms with van der Waals surface area (Å²) in [6.07, 6.45) is 1.45. The minimum absolute atomic E-state index is 0.100. The molecule has 10 heteroatoms. The molecule has 0 bridgehead atoms. The van der Waals surface area contributed by atoms with Crippen LogP contribution in [0.4, 0.5) is 14.9 Å². The van der Waals surface area contributed by atoms with Crippen molar-refractivity contribution in [3.63, 3.8) is 0 Å². The molecule has 0 saturated carbocycles. The summed E-state index contributed by atoms with van der Waals surface area (Å²) in [4.78, 5) is 38.9. The summed E-state index contributed by atoms with van der Waals surface area (Å²) in [7, 11) is 0. The van der Waals surface area contributed by atoms with Crippen molar-refractivity contribution in [2.45, 2.75) is 23.3 Å². The molecule has 0 aliphatic carbocycles. The first-order valence-corrected chi connectivity index (χ1v) is 11.9. The number of carbonyl (C=O) groups is 2. The number of imide groups is 1. The van der Waals surface area contributed by atoms with E-state index in [-0.39, 0.29) is 22.2 Å². The van der Waals surface area contributed by atoms with E-state index in [9.17, 15) is 24.1 Å². The summed E-state index contributed by atoms with van der Waals surface area (Å²) in [6, 6.07) is 16.0. The number of nitrogens with zero attached hydrogens (tertiary/aromatic N) is 2. The first kappa shape index (κ1) is 24.0. The predicted octanol–water partition coefficient (Wildman–Crippen LogP) is 7.08. The molecule has 0 N–H and O–H groups in total. The van der Waals surface area contributed by atoms with Gasteiger partial charge in [-0.1, -0.05) is 53.2 Å². The number of benzene rings is 3. The van der Waals surface area contributed by atoms with Gasteiger partial charge in [-0.3, -0.25) is 24.6 Å². The minimum Gasteiger partial charge on any atom is -0.268 e. The third-order valence-electron chi connectivity index (χ3n) is 4.94. The Morgan fingerprint density at radius 2 is 1.85 bits per heavy atom. The molecular weight excluding hydrogens is 499 g/mol.